The van der Waals surface area contributed by atoms with Gasteiger partial charge in [-0.05, 0) is 12.5 Å². The molecule has 0 spiro atoms. The molecule has 0 N–H and O–H groups in total. The molecule has 0 saturated carbocycles. The van der Waals surface area contributed by atoms with Crippen molar-refractivity contribution in [2.24, 2.45) is 0 Å². The number of rotatable bonds is 12. The summed E-state index contributed by atoms with van der Waals surface area (Å²) in [6, 6.07) is 9.13. The number of carbonyl (C=O) groups is 5. The third-order valence-electron chi connectivity index (χ3n) is 6.77. The molecule has 1 aromatic carbocycles. The topological polar surface area (TPSA) is 178 Å². The van der Waals surface area contributed by atoms with Crippen LogP contribution in [0.15, 0.2) is 30.3 Å². The lowest BCUT2D eigenvalue weighted by atomic mass is 9.97. The Morgan fingerprint density at radius 1 is 0.600 bits per heavy atom. The van der Waals surface area contributed by atoms with Crippen LogP contribution in [0.25, 0.3) is 0 Å². The molecule has 15 nitrogen and oxygen atoms in total. The predicted molar refractivity (Wildman–Crippen MR) is 149 cm³/mol. The first kappa shape index (κ1) is 35.8. The van der Waals surface area contributed by atoms with Crippen molar-refractivity contribution in [3.63, 3.8) is 0 Å². The maximum Gasteiger partial charge on any atom is 0.303 e. The minimum absolute atomic E-state index is 0.0496. The largest absolute Gasteiger partial charge is 0.456 e. The maximum atomic E-state index is 12.2. The Labute approximate surface area is 260 Å². The van der Waals surface area contributed by atoms with E-state index < -0.39 is 91.3 Å². The van der Waals surface area contributed by atoms with Crippen LogP contribution in [-0.4, -0.2) is 105 Å². The van der Waals surface area contributed by atoms with Gasteiger partial charge in [-0.15, -0.1) is 0 Å². The third-order valence-corrected chi connectivity index (χ3v) is 6.77. The first-order valence-electron chi connectivity index (χ1n) is 14.3. The van der Waals surface area contributed by atoms with Gasteiger partial charge in [0.15, 0.2) is 43.1 Å². The van der Waals surface area contributed by atoms with E-state index in [9.17, 15) is 24.0 Å². The highest BCUT2D eigenvalue weighted by Crippen LogP contribution is 2.33. The van der Waals surface area contributed by atoms with Crippen LogP contribution in [0.5, 0.6) is 0 Å². The zero-order valence-corrected chi connectivity index (χ0v) is 26.2. The smallest absolute Gasteiger partial charge is 0.303 e. The molecular formula is C30H40O15. The highest BCUT2D eigenvalue weighted by Gasteiger charge is 2.54. The van der Waals surface area contributed by atoms with Gasteiger partial charge in [0.25, 0.3) is 0 Å². The molecule has 2 aliphatic rings. The molecule has 250 valence electrons. The molecule has 0 bridgehead atoms. The molecule has 2 fully saturated rings. The molecule has 10 atom stereocenters. The van der Waals surface area contributed by atoms with E-state index in [4.69, 9.17) is 47.4 Å². The lowest BCUT2D eigenvalue weighted by molar-refractivity contribution is -0.333. The van der Waals surface area contributed by atoms with Crippen LogP contribution < -0.4 is 0 Å². The number of hydrogen-bond donors (Lipinski definition) is 0. The molecule has 2 aliphatic heterocycles. The molecule has 0 amide bonds. The van der Waals surface area contributed by atoms with E-state index in [1.54, 1.807) is 6.92 Å². The summed E-state index contributed by atoms with van der Waals surface area (Å²) in [6.45, 7) is 7.13. The fraction of sp³-hybridized carbons (Fsp3) is 0.633. The molecule has 0 aliphatic carbocycles. The number of hydrogen-bond acceptors (Lipinski definition) is 15. The van der Waals surface area contributed by atoms with Gasteiger partial charge < -0.3 is 47.4 Å². The standard InChI is InChI=1S/C30H40O15/c1-15-23(40-16(2)31)25(42-18(4)33)27(37-13-21-11-9-8-10-12-21)30(39-15)38-14-22-24(41-17(3)32)26(43-19(5)34)28(44-20(6)35)29(36-7)45-22/h8-12,15,22-30H,13-14H2,1-7H3/t15-,22+,23+,24+,25+,26-,27-,28+,29-,30+/m0/s1. The average Bonchev–Trinajstić information content (AvgIpc) is 2.95. The van der Waals surface area contributed by atoms with Gasteiger partial charge in [-0.25, -0.2) is 0 Å². The zero-order valence-electron chi connectivity index (χ0n) is 26.2. The van der Waals surface area contributed by atoms with Crippen LogP contribution in [0.1, 0.15) is 47.1 Å². The van der Waals surface area contributed by atoms with Gasteiger partial charge in [0.05, 0.1) is 19.3 Å². The van der Waals surface area contributed by atoms with Crippen molar-refractivity contribution in [2.45, 2.75) is 110 Å². The van der Waals surface area contributed by atoms with Gasteiger partial charge in [0.1, 0.15) is 12.2 Å². The van der Waals surface area contributed by atoms with Gasteiger partial charge in [0.2, 0.25) is 0 Å². The Morgan fingerprint density at radius 3 is 1.62 bits per heavy atom. The fourth-order valence-electron chi connectivity index (χ4n) is 5.10. The van der Waals surface area contributed by atoms with E-state index in [0.717, 1.165) is 26.3 Å². The molecule has 0 radical (unpaired) electrons. The monoisotopic (exact) mass is 640 g/mol. The molecule has 2 saturated heterocycles. The van der Waals surface area contributed by atoms with Gasteiger partial charge in [0, 0.05) is 41.7 Å². The summed E-state index contributed by atoms with van der Waals surface area (Å²) < 4.78 is 57.0. The van der Waals surface area contributed by atoms with Gasteiger partial charge in [-0.2, -0.15) is 0 Å². The van der Waals surface area contributed by atoms with Crippen molar-refractivity contribution in [1.82, 2.24) is 0 Å². The summed E-state index contributed by atoms with van der Waals surface area (Å²) in [5.74, 6) is -3.49. The highest BCUT2D eigenvalue weighted by atomic mass is 16.8. The Bertz CT molecular complexity index is 1170. The summed E-state index contributed by atoms with van der Waals surface area (Å²) in [7, 11) is 1.29. The molecule has 3 rings (SSSR count). The first-order valence-corrected chi connectivity index (χ1v) is 14.3. The molecule has 2 heterocycles. The normalized spacial score (nSPS) is 31.3. The van der Waals surface area contributed by atoms with Crippen LogP contribution >= 0.6 is 0 Å². The Balaban J connectivity index is 1.93. The Kier molecular flexibility index (Phi) is 13.2. The molecule has 45 heavy (non-hydrogen) atoms. The SMILES string of the molecule is CO[C@H]1O[C@H](CO[C@@H]2O[C@@H](C)[C@@H](OC(C)=O)[C@@H](OC(C)=O)[C@@H]2OCc2ccccc2)[C@@H](OC(C)=O)[C@H](OC(C)=O)[C@H]1OC(C)=O. The minimum Gasteiger partial charge on any atom is -0.456 e. The molecule has 0 aromatic heterocycles. The molecule has 15 heteroatoms. The van der Waals surface area contributed by atoms with Crippen molar-refractivity contribution in [1.29, 1.82) is 0 Å². The van der Waals surface area contributed by atoms with Crippen LogP contribution in [0, 0.1) is 0 Å². The van der Waals surface area contributed by atoms with Crippen molar-refractivity contribution in [3.8, 4) is 0 Å². The maximum absolute atomic E-state index is 12.2. The second-order valence-electron chi connectivity index (χ2n) is 10.5. The van der Waals surface area contributed by atoms with E-state index in [0.29, 0.717) is 0 Å². The zero-order chi connectivity index (χ0) is 33.3. The molecular weight excluding hydrogens is 600 g/mol. The second-order valence-corrected chi connectivity index (χ2v) is 10.5. The Hall–Kier alpha value is -3.63. The average molecular weight is 641 g/mol. The highest BCUT2D eigenvalue weighted by molar-refractivity contribution is 5.69. The number of carbonyl (C=O) groups excluding carboxylic acids is 5. The second kappa shape index (κ2) is 16.6. The van der Waals surface area contributed by atoms with Gasteiger partial charge >= 0.3 is 29.8 Å². The van der Waals surface area contributed by atoms with Crippen LogP contribution in [0.3, 0.4) is 0 Å². The van der Waals surface area contributed by atoms with Crippen molar-refractivity contribution in [3.05, 3.63) is 35.9 Å². The van der Waals surface area contributed by atoms with E-state index >= 15 is 0 Å². The number of benzene rings is 1. The van der Waals surface area contributed by atoms with E-state index in [1.807, 2.05) is 30.3 Å². The summed E-state index contributed by atoms with van der Waals surface area (Å²) >= 11 is 0. The van der Waals surface area contributed by atoms with Gasteiger partial charge in [-0.3, -0.25) is 24.0 Å². The summed E-state index contributed by atoms with van der Waals surface area (Å²) in [6.07, 6.45) is -11.7. The van der Waals surface area contributed by atoms with E-state index in [1.165, 1.54) is 21.0 Å². The predicted octanol–water partition coefficient (Wildman–Crippen LogP) is 1.36. The fourth-order valence-corrected chi connectivity index (χ4v) is 5.10. The molecule has 1 aromatic rings. The van der Waals surface area contributed by atoms with Crippen molar-refractivity contribution in [2.75, 3.05) is 13.7 Å². The minimum atomic E-state index is -1.33. The van der Waals surface area contributed by atoms with E-state index in [-0.39, 0.29) is 13.2 Å². The lowest BCUT2D eigenvalue weighted by Crippen LogP contribution is -2.64. The first-order chi connectivity index (χ1) is 21.3. The lowest BCUT2D eigenvalue weighted by Gasteiger charge is -2.46. The van der Waals surface area contributed by atoms with Crippen molar-refractivity contribution < 1.29 is 71.3 Å². The third kappa shape index (κ3) is 10.2. The number of methoxy groups -OCH3 is 1. The summed E-state index contributed by atoms with van der Waals surface area (Å²) in [5.41, 5.74) is 0.787. The number of esters is 5. The Morgan fingerprint density at radius 2 is 1.09 bits per heavy atom. The summed E-state index contributed by atoms with van der Waals surface area (Å²) in [4.78, 5) is 60.2. The van der Waals surface area contributed by atoms with Crippen LogP contribution in [0.4, 0.5) is 0 Å². The van der Waals surface area contributed by atoms with Crippen LogP contribution in [0.2, 0.25) is 0 Å². The summed E-state index contributed by atoms with van der Waals surface area (Å²) in [5, 5.41) is 0. The molecule has 0 unspecified atom stereocenters. The van der Waals surface area contributed by atoms with Crippen LogP contribution in [-0.2, 0) is 77.9 Å². The van der Waals surface area contributed by atoms with E-state index in [2.05, 4.69) is 0 Å². The number of ether oxygens (including phenoxy) is 10. The van der Waals surface area contributed by atoms with Crippen molar-refractivity contribution >= 4 is 29.8 Å². The quantitative estimate of drug-likeness (QED) is 0.236. The van der Waals surface area contributed by atoms with Gasteiger partial charge in [-0.1, -0.05) is 30.3 Å².